The number of carboxylic acids is 1. The van der Waals surface area contributed by atoms with Crippen LogP contribution in [0.2, 0.25) is 0 Å². The quantitative estimate of drug-likeness (QED) is 0.301. The summed E-state index contributed by atoms with van der Waals surface area (Å²) in [5.74, 6) is -0.716. The molecule has 0 saturated heterocycles. The molecule has 1 aromatic heterocycles. The Morgan fingerprint density at radius 2 is 1.57 bits per heavy atom. The summed E-state index contributed by atoms with van der Waals surface area (Å²) >= 11 is 1.46. The maximum atomic E-state index is 11.5. The molecule has 0 fully saturated rings. The van der Waals surface area contributed by atoms with Crippen LogP contribution in [0.25, 0.3) is 10.8 Å². The number of halogens is 2. The molecule has 0 aliphatic heterocycles. The number of nitrogens with zero attached hydrogens (tertiary/aromatic N) is 1. The molecule has 1 unspecified atom stereocenters. The molecule has 3 rings (SSSR count). The smallest absolute Gasteiger partial charge is 0.316 e. The topological polar surface area (TPSA) is 42.2 Å². The third-order valence-electron chi connectivity index (χ3n) is 4.56. The van der Waals surface area contributed by atoms with E-state index in [1.807, 2.05) is 31.2 Å². The Bertz CT molecular complexity index is 831. The van der Waals surface area contributed by atoms with Crippen molar-refractivity contribution in [2.75, 3.05) is 0 Å². The summed E-state index contributed by atoms with van der Waals surface area (Å²) in [5, 5.41) is 11.7. The van der Waals surface area contributed by atoms with Gasteiger partial charge in [-0.25, -0.2) is 0 Å². The minimum Gasteiger partial charge on any atom is -0.480 e. The summed E-state index contributed by atoms with van der Waals surface area (Å²) < 4.78 is 2.24. The number of hydrogen-bond acceptors (Lipinski definition) is 2. The summed E-state index contributed by atoms with van der Waals surface area (Å²) in [6, 6.07) is 16.5. The zero-order chi connectivity index (χ0) is 18.4. The number of carbonyl (C=O) groups is 1. The first-order valence-electron chi connectivity index (χ1n) is 9.12. The van der Waals surface area contributed by atoms with Crippen molar-refractivity contribution in [3.63, 3.8) is 0 Å². The Labute approximate surface area is 183 Å². The van der Waals surface area contributed by atoms with Crippen LogP contribution in [0, 0.1) is 6.92 Å². The monoisotopic (exact) mass is 439 g/mol. The molecule has 2 aromatic carbocycles. The van der Waals surface area contributed by atoms with Gasteiger partial charge in [0.1, 0.15) is 5.25 Å². The van der Waals surface area contributed by atoms with E-state index in [1.54, 1.807) is 0 Å². The number of benzene rings is 2. The number of hydrogen-bond donors (Lipinski definition) is 1. The van der Waals surface area contributed by atoms with Crippen LogP contribution in [-0.4, -0.2) is 20.9 Å². The first-order chi connectivity index (χ1) is 12.6. The lowest BCUT2D eigenvalue weighted by Gasteiger charge is -2.12. The molecule has 0 aliphatic rings. The predicted octanol–water partition coefficient (Wildman–Crippen LogP) is 6.60. The molecular weight excluding hydrogens is 413 g/mol. The third-order valence-corrected chi connectivity index (χ3v) is 5.83. The second kappa shape index (κ2) is 12.1. The molecule has 1 N–H and O–H groups in total. The lowest BCUT2D eigenvalue weighted by Crippen LogP contribution is -2.16. The first kappa shape index (κ1) is 24.4. The number of aliphatic carboxylic acids is 1. The van der Waals surface area contributed by atoms with Crippen molar-refractivity contribution in [2.45, 2.75) is 49.3 Å². The van der Waals surface area contributed by atoms with Gasteiger partial charge in [-0.1, -0.05) is 54.8 Å². The van der Waals surface area contributed by atoms with Crippen LogP contribution in [0.3, 0.4) is 0 Å². The van der Waals surface area contributed by atoms with Crippen LogP contribution in [0.15, 0.2) is 65.8 Å². The Kier molecular flexibility index (Phi) is 10.5. The Morgan fingerprint density at radius 3 is 2.14 bits per heavy atom. The molecule has 3 aromatic rings. The fourth-order valence-corrected chi connectivity index (χ4v) is 4.09. The fraction of sp³-hybridized carbons (Fsp3) is 0.318. The van der Waals surface area contributed by atoms with Gasteiger partial charge in [0.15, 0.2) is 0 Å². The van der Waals surface area contributed by atoms with Crippen molar-refractivity contribution in [1.82, 2.24) is 4.57 Å². The average molecular weight is 440 g/mol. The second-order valence-corrected chi connectivity index (χ2v) is 8.01. The number of rotatable bonds is 9. The van der Waals surface area contributed by atoms with E-state index in [0.29, 0.717) is 6.42 Å². The van der Waals surface area contributed by atoms with Gasteiger partial charge in [-0.15, -0.1) is 36.6 Å². The Morgan fingerprint density at radius 1 is 0.964 bits per heavy atom. The van der Waals surface area contributed by atoms with Gasteiger partial charge in [-0.2, -0.15) is 0 Å². The molecule has 0 spiro atoms. The van der Waals surface area contributed by atoms with Crippen LogP contribution in [0.1, 0.15) is 31.2 Å². The highest BCUT2D eigenvalue weighted by Gasteiger charge is 2.18. The van der Waals surface area contributed by atoms with Gasteiger partial charge in [-0.05, 0) is 42.7 Å². The van der Waals surface area contributed by atoms with Crippen molar-refractivity contribution >= 4 is 53.3 Å². The van der Waals surface area contributed by atoms with E-state index in [0.717, 1.165) is 30.7 Å². The standard InChI is InChI=1S/C22H25NO2S.2ClH/c1-17-10-12-20(13-11-17)26-21(22(24)25)9-3-2-6-14-23-15-18-7-4-5-8-19(18)16-23;;/h4-5,7-8,10-13,15-16,21H,2-3,6,9,14H2,1H3,(H,24,25);2*1H. The third kappa shape index (κ3) is 7.08. The molecular formula is C22H27Cl2NO2S. The van der Waals surface area contributed by atoms with Crippen molar-refractivity contribution in [3.05, 3.63) is 66.5 Å². The molecule has 0 amide bonds. The second-order valence-electron chi connectivity index (χ2n) is 6.73. The molecule has 0 radical (unpaired) electrons. The maximum absolute atomic E-state index is 11.5. The summed E-state index contributed by atoms with van der Waals surface area (Å²) in [6.45, 7) is 3.02. The fourth-order valence-electron chi connectivity index (χ4n) is 3.08. The summed E-state index contributed by atoms with van der Waals surface area (Å²) in [7, 11) is 0. The Balaban J connectivity index is 0.00000196. The van der Waals surface area contributed by atoms with Gasteiger partial charge in [0.2, 0.25) is 0 Å². The number of thioether (sulfide) groups is 1. The van der Waals surface area contributed by atoms with Crippen LogP contribution >= 0.6 is 36.6 Å². The molecule has 1 heterocycles. The van der Waals surface area contributed by atoms with Gasteiger partial charge in [0, 0.05) is 23.8 Å². The van der Waals surface area contributed by atoms with Crippen molar-refractivity contribution < 1.29 is 9.90 Å². The molecule has 1 atom stereocenters. The normalized spacial score (nSPS) is 11.5. The largest absolute Gasteiger partial charge is 0.480 e. The van der Waals surface area contributed by atoms with Crippen molar-refractivity contribution in [2.24, 2.45) is 0 Å². The molecule has 6 heteroatoms. The van der Waals surface area contributed by atoms with Gasteiger partial charge in [0.25, 0.3) is 0 Å². The molecule has 0 aliphatic carbocycles. The molecule has 28 heavy (non-hydrogen) atoms. The number of unbranched alkanes of at least 4 members (excludes halogenated alkanes) is 2. The predicted molar refractivity (Wildman–Crippen MR) is 123 cm³/mol. The maximum Gasteiger partial charge on any atom is 0.316 e. The molecule has 3 nitrogen and oxygen atoms in total. The van der Waals surface area contributed by atoms with E-state index in [2.05, 4.69) is 41.2 Å². The number of carboxylic acid groups (broad SMARTS) is 1. The summed E-state index contributed by atoms with van der Waals surface area (Å²) in [6.07, 6.45) is 8.14. The number of fused-ring (bicyclic) bond motifs is 1. The van der Waals surface area contributed by atoms with Crippen LogP contribution in [0.4, 0.5) is 0 Å². The molecule has 0 saturated carbocycles. The molecule has 0 bridgehead atoms. The SMILES string of the molecule is Cc1ccc(SC(CCCCCn2cc3ccccc3c2)C(=O)O)cc1.Cl.Cl. The summed E-state index contributed by atoms with van der Waals surface area (Å²) in [5.41, 5.74) is 1.19. The van der Waals surface area contributed by atoms with E-state index in [9.17, 15) is 9.90 Å². The van der Waals surface area contributed by atoms with Gasteiger partial charge < -0.3 is 9.67 Å². The highest BCUT2D eigenvalue weighted by molar-refractivity contribution is 8.00. The lowest BCUT2D eigenvalue weighted by atomic mass is 10.1. The minimum atomic E-state index is -0.716. The van der Waals surface area contributed by atoms with Crippen molar-refractivity contribution in [1.29, 1.82) is 0 Å². The van der Waals surface area contributed by atoms with Gasteiger partial charge in [-0.3, -0.25) is 4.79 Å². The van der Waals surface area contributed by atoms with Crippen LogP contribution in [-0.2, 0) is 11.3 Å². The van der Waals surface area contributed by atoms with E-state index in [-0.39, 0.29) is 30.1 Å². The first-order valence-corrected chi connectivity index (χ1v) is 10.0. The summed E-state index contributed by atoms with van der Waals surface area (Å²) in [4.78, 5) is 12.6. The average Bonchev–Trinajstić information content (AvgIpc) is 3.04. The zero-order valence-corrected chi connectivity index (χ0v) is 18.4. The Hall–Kier alpha value is -1.62. The van der Waals surface area contributed by atoms with E-state index in [1.165, 1.54) is 28.1 Å². The highest BCUT2D eigenvalue weighted by Crippen LogP contribution is 2.27. The minimum absolute atomic E-state index is 0. The lowest BCUT2D eigenvalue weighted by molar-refractivity contribution is -0.136. The molecule has 152 valence electrons. The van der Waals surface area contributed by atoms with Gasteiger partial charge in [0.05, 0.1) is 0 Å². The highest BCUT2D eigenvalue weighted by atomic mass is 35.5. The zero-order valence-electron chi connectivity index (χ0n) is 15.9. The van der Waals surface area contributed by atoms with Gasteiger partial charge >= 0.3 is 5.97 Å². The van der Waals surface area contributed by atoms with E-state index in [4.69, 9.17) is 0 Å². The number of aromatic nitrogens is 1. The van der Waals surface area contributed by atoms with Crippen LogP contribution in [0.5, 0.6) is 0 Å². The van der Waals surface area contributed by atoms with E-state index < -0.39 is 5.97 Å². The van der Waals surface area contributed by atoms with Crippen LogP contribution < -0.4 is 0 Å². The number of aryl methyl sites for hydroxylation is 2. The van der Waals surface area contributed by atoms with Crippen molar-refractivity contribution in [3.8, 4) is 0 Å². The van der Waals surface area contributed by atoms with E-state index >= 15 is 0 Å².